The Bertz CT molecular complexity index is 2770. The third-order valence-corrected chi connectivity index (χ3v) is 9.79. The lowest BCUT2D eigenvalue weighted by molar-refractivity contribution is 0.668. The van der Waals surface area contributed by atoms with Gasteiger partial charge in [-0.15, -0.1) is 0 Å². The van der Waals surface area contributed by atoms with Crippen LogP contribution in [0.15, 0.2) is 186 Å². The van der Waals surface area contributed by atoms with Crippen LogP contribution in [0.5, 0.6) is 0 Å². The summed E-state index contributed by atoms with van der Waals surface area (Å²) in [4.78, 5) is 10.5. The Morgan fingerprint density at radius 2 is 0.980 bits per heavy atom. The van der Waals surface area contributed by atoms with Crippen LogP contribution in [0.3, 0.4) is 0 Å². The van der Waals surface area contributed by atoms with Crippen molar-refractivity contribution in [2.24, 2.45) is 9.98 Å². The molecule has 0 amide bonds. The van der Waals surface area contributed by atoms with Crippen LogP contribution in [-0.4, -0.2) is 20.9 Å². The number of nitrogens with zero attached hydrogens (tertiary/aromatic N) is 4. The zero-order valence-corrected chi connectivity index (χ0v) is 27.1. The van der Waals surface area contributed by atoms with E-state index in [1.54, 1.807) is 0 Å². The van der Waals surface area contributed by atoms with Crippen LogP contribution in [0.1, 0.15) is 17.3 Å². The molecule has 0 fully saturated rings. The zero-order chi connectivity index (χ0) is 33.0. The third kappa shape index (κ3) is 4.55. The van der Waals surface area contributed by atoms with Gasteiger partial charge in [-0.2, -0.15) is 4.99 Å². The van der Waals surface area contributed by atoms with Gasteiger partial charge in [-0.1, -0.05) is 133 Å². The number of amidine groups is 1. The molecule has 1 unspecified atom stereocenters. The van der Waals surface area contributed by atoms with Crippen molar-refractivity contribution in [1.29, 1.82) is 0 Å². The molecule has 0 radical (unpaired) electrons. The average Bonchev–Trinajstić information content (AvgIpc) is 3.71. The fourth-order valence-corrected chi connectivity index (χ4v) is 7.46. The summed E-state index contributed by atoms with van der Waals surface area (Å²) in [7, 11) is 0. The van der Waals surface area contributed by atoms with E-state index in [1.165, 1.54) is 32.6 Å². The minimum absolute atomic E-state index is 0.289. The normalized spacial score (nSPS) is 14.6. The van der Waals surface area contributed by atoms with Gasteiger partial charge in [0.2, 0.25) is 5.96 Å². The Morgan fingerprint density at radius 3 is 1.74 bits per heavy atom. The molecule has 0 bridgehead atoms. The number of nitrogens with one attached hydrogen (secondary N) is 1. The summed E-state index contributed by atoms with van der Waals surface area (Å²) in [6, 6.07) is 62.1. The van der Waals surface area contributed by atoms with Gasteiger partial charge < -0.3 is 9.88 Å². The Labute approximate surface area is 289 Å². The summed E-state index contributed by atoms with van der Waals surface area (Å²) in [5, 5.41) is 8.41. The summed E-state index contributed by atoms with van der Waals surface area (Å²) >= 11 is 0. The second-order valence-electron chi connectivity index (χ2n) is 12.7. The lowest BCUT2D eigenvalue weighted by Gasteiger charge is -2.24. The van der Waals surface area contributed by atoms with Crippen LogP contribution in [0, 0.1) is 0 Å². The Kier molecular flexibility index (Phi) is 6.49. The molecule has 2 aromatic heterocycles. The Balaban J connectivity index is 1.18. The van der Waals surface area contributed by atoms with E-state index in [1.807, 2.05) is 24.3 Å². The molecule has 236 valence electrons. The molecule has 0 spiro atoms. The molecule has 0 aliphatic carbocycles. The number of fused-ring (bicyclic) bond motifs is 6. The summed E-state index contributed by atoms with van der Waals surface area (Å²) in [6.07, 6.45) is -0.289. The van der Waals surface area contributed by atoms with Crippen LogP contribution >= 0.6 is 0 Å². The van der Waals surface area contributed by atoms with Gasteiger partial charge in [0.1, 0.15) is 12.0 Å². The van der Waals surface area contributed by atoms with E-state index in [9.17, 15) is 0 Å². The van der Waals surface area contributed by atoms with E-state index in [0.29, 0.717) is 5.96 Å². The van der Waals surface area contributed by atoms with E-state index in [4.69, 9.17) is 9.98 Å². The van der Waals surface area contributed by atoms with Crippen molar-refractivity contribution < 1.29 is 0 Å². The molecular formula is C45H31N5. The number of hydrogen-bond donors (Lipinski definition) is 1. The summed E-state index contributed by atoms with van der Waals surface area (Å²) < 4.78 is 4.59. The second kappa shape index (κ2) is 11.5. The molecule has 0 saturated carbocycles. The van der Waals surface area contributed by atoms with Crippen molar-refractivity contribution in [1.82, 2.24) is 14.5 Å². The molecule has 5 heteroatoms. The van der Waals surface area contributed by atoms with Crippen molar-refractivity contribution in [2.45, 2.75) is 6.17 Å². The first kappa shape index (κ1) is 28.3. The first-order valence-electron chi connectivity index (χ1n) is 17.0. The predicted octanol–water partition coefficient (Wildman–Crippen LogP) is 10.5. The number of benzene rings is 7. The van der Waals surface area contributed by atoms with Crippen LogP contribution in [0.4, 0.5) is 0 Å². The van der Waals surface area contributed by atoms with Gasteiger partial charge in [-0.25, -0.2) is 4.99 Å². The van der Waals surface area contributed by atoms with Crippen LogP contribution < -0.4 is 5.32 Å². The molecule has 7 aromatic carbocycles. The van der Waals surface area contributed by atoms with Crippen molar-refractivity contribution >= 4 is 55.4 Å². The molecular weight excluding hydrogens is 611 g/mol. The maximum atomic E-state index is 5.26. The molecule has 0 saturated heterocycles. The minimum Gasteiger partial charge on any atom is -0.344 e. The van der Waals surface area contributed by atoms with Crippen molar-refractivity contribution in [3.05, 3.63) is 187 Å². The van der Waals surface area contributed by atoms with E-state index < -0.39 is 0 Å². The SMILES string of the molecule is c1ccc(C2=NC(n3c4ccccc4c4ccc(-c5ccc6c(c5)c5ccccc5n6-c5ccccc5)cc43)=NC(c3ccccc3)N2)cc1. The quantitative estimate of drug-likeness (QED) is 0.204. The Morgan fingerprint density at radius 1 is 0.420 bits per heavy atom. The number of hydrogen-bond acceptors (Lipinski definition) is 3. The Hall–Kier alpha value is -6.72. The molecule has 50 heavy (non-hydrogen) atoms. The topological polar surface area (TPSA) is 46.6 Å². The largest absolute Gasteiger partial charge is 0.344 e. The number of para-hydroxylation sites is 3. The van der Waals surface area contributed by atoms with Crippen molar-refractivity contribution in [3.63, 3.8) is 0 Å². The average molecular weight is 642 g/mol. The molecule has 10 rings (SSSR count). The maximum Gasteiger partial charge on any atom is 0.234 e. The highest BCUT2D eigenvalue weighted by atomic mass is 15.3. The molecule has 9 aromatic rings. The first-order chi connectivity index (χ1) is 24.8. The van der Waals surface area contributed by atoms with Crippen molar-refractivity contribution in [2.75, 3.05) is 0 Å². The first-order valence-corrected chi connectivity index (χ1v) is 17.0. The number of aromatic nitrogens is 2. The fraction of sp³-hybridized carbons (Fsp3) is 0.0222. The smallest absolute Gasteiger partial charge is 0.234 e. The highest BCUT2D eigenvalue weighted by Crippen LogP contribution is 2.37. The standard InChI is InChI=1S/C45H31N5/c1-4-14-30(15-5-1)43-46-44(31-16-6-2-7-17-31)48-45(47-43)50-40-23-13-10-20-35(40)37-26-24-33(29-42(37)50)32-25-27-41-38(28-32)36-21-11-12-22-39(36)49(41)34-18-8-3-9-19-34/h1-29,43H,(H,46,47,48). The van der Waals surface area contributed by atoms with E-state index in [-0.39, 0.29) is 6.17 Å². The van der Waals surface area contributed by atoms with E-state index >= 15 is 0 Å². The van der Waals surface area contributed by atoms with Gasteiger partial charge in [0, 0.05) is 32.8 Å². The van der Waals surface area contributed by atoms with Gasteiger partial charge in [0.25, 0.3) is 0 Å². The molecule has 1 atom stereocenters. The van der Waals surface area contributed by atoms with Crippen LogP contribution in [0.2, 0.25) is 0 Å². The van der Waals surface area contributed by atoms with Gasteiger partial charge >= 0.3 is 0 Å². The van der Waals surface area contributed by atoms with Crippen LogP contribution in [0.25, 0.3) is 60.4 Å². The molecule has 1 aliphatic heterocycles. The van der Waals surface area contributed by atoms with E-state index in [0.717, 1.165) is 44.8 Å². The molecule has 5 nitrogen and oxygen atoms in total. The summed E-state index contributed by atoms with van der Waals surface area (Å²) in [5.41, 5.74) is 10.1. The predicted molar refractivity (Wildman–Crippen MR) is 207 cm³/mol. The van der Waals surface area contributed by atoms with Crippen LogP contribution in [-0.2, 0) is 0 Å². The maximum absolute atomic E-state index is 5.26. The minimum atomic E-state index is -0.289. The van der Waals surface area contributed by atoms with Gasteiger partial charge in [-0.05, 0) is 59.2 Å². The molecule has 1 N–H and O–H groups in total. The summed E-state index contributed by atoms with van der Waals surface area (Å²) in [6.45, 7) is 0. The van der Waals surface area contributed by atoms with E-state index in [2.05, 4.69) is 166 Å². The van der Waals surface area contributed by atoms with Gasteiger partial charge in [-0.3, -0.25) is 4.57 Å². The monoisotopic (exact) mass is 641 g/mol. The highest BCUT2D eigenvalue weighted by molar-refractivity contribution is 6.18. The second-order valence-corrected chi connectivity index (χ2v) is 12.7. The highest BCUT2D eigenvalue weighted by Gasteiger charge is 2.24. The molecule has 3 heterocycles. The lowest BCUT2D eigenvalue weighted by Crippen LogP contribution is -2.35. The lowest BCUT2D eigenvalue weighted by atomic mass is 10.0. The van der Waals surface area contributed by atoms with Gasteiger partial charge in [0.05, 0.1) is 22.1 Å². The summed E-state index contributed by atoms with van der Waals surface area (Å²) in [5.74, 6) is 1.45. The molecule has 1 aliphatic rings. The third-order valence-electron chi connectivity index (χ3n) is 9.79. The zero-order valence-electron chi connectivity index (χ0n) is 27.1. The fourth-order valence-electron chi connectivity index (χ4n) is 7.46. The number of aliphatic imine (C=N–C) groups is 2. The number of rotatable bonds is 4. The van der Waals surface area contributed by atoms with Crippen molar-refractivity contribution in [3.8, 4) is 16.8 Å². The van der Waals surface area contributed by atoms with Gasteiger partial charge in [0.15, 0.2) is 0 Å².